The molecule has 2 N–H and O–H groups in total. The molecule has 2 rings (SSSR count). The summed E-state index contributed by atoms with van der Waals surface area (Å²) >= 11 is 0. The Morgan fingerprint density at radius 2 is 1.83 bits per heavy atom. The molecule has 0 atom stereocenters. The van der Waals surface area contributed by atoms with E-state index in [1.165, 1.54) is 24.9 Å². The van der Waals surface area contributed by atoms with Gasteiger partial charge in [-0.05, 0) is 50.5 Å². The molecule has 1 fully saturated rings. The summed E-state index contributed by atoms with van der Waals surface area (Å²) in [5, 5.41) is 9.99. The quantitative estimate of drug-likeness (QED) is 0.554. The highest BCUT2D eigenvalue weighted by molar-refractivity contribution is 5.57. The normalized spacial score (nSPS) is 16.5. The van der Waals surface area contributed by atoms with Crippen LogP contribution in [0.4, 0.5) is 5.69 Å². The number of aliphatic hydroxyl groups is 1. The number of nitrogens with zero attached hydrogens (tertiary/aromatic N) is 1. The Hall–Kier alpha value is -1.52. The summed E-state index contributed by atoms with van der Waals surface area (Å²) in [5.74, 6) is 0.240. The highest BCUT2D eigenvalue weighted by Crippen LogP contribution is 2.18. The van der Waals surface area contributed by atoms with Crippen LogP contribution in [0, 0.1) is 0 Å². The minimum absolute atomic E-state index is 0.203. The molecule has 1 aromatic carbocycles. The summed E-state index contributed by atoms with van der Waals surface area (Å²) in [5.41, 5.74) is 5.27. The van der Waals surface area contributed by atoms with Crippen LogP contribution in [0.2, 0.25) is 0 Å². The van der Waals surface area contributed by atoms with Gasteiger partial charge in [0, 0.05) is 24.8 Å². The van der Waals surface area contributed by atoms with Crippen molar-refractivity contribution in [2.75, 3.05) is 24.6 Å². The van der Waals surface area contributed by atoms with Crippen LogP contribution in [0.25, 0.3) is 6.08 Å². The fourth-order valence-electron chi connectivity index (χ4n) is 3.06. The van der Waals surface area contributed by atoms with Crippen LogP contribution in [-0.4, -0.2) is 30.8 Å². The fraction of sp³-hybridized carbons (Fsp3) is 0.579. The maximum atomic E-state index is 9.99. The standard InChI is InChI=1S/C19H30N2O2/c1-3-21(4-2)18-12-10-16(11-13-18)14-19(22)15-23-20-17-8-6-5-7-9-17/h10-14,17,20,22H,3-9,15H2,1-2H3/b19-14+. The molecule has 4 heteroatoms. The van der Waals surface area contributed by atoms with Gasteiger partial charge in [0.2, 0.25) is 0 Å². The largest absolute Gasteiger partial charge is 0.510 e. The number of aliphatic hydroxyl groups excluding tert-OH is 1. The van der Waals surface area contributed by atoms with Crippen molar-refractivity contribution in [3.05, 3.63) is 35.6 Å². The molecular weight excluding hydrogens is 288 g/mol. The molecular formula is C19H30N2O2. The van der Waals surface area contributed by atoms with Crippen LogP contribution in [-0.2, 0) is 4.84 Å². The molecule has 0 heterocycles. The van der Waals surface area contributed by atoms with Gasteiger partial charge in [-0.2, -0.15) is 5.48 Å². The summed E-state index contributed by atoms with van der Waals surface area (Å²) in [4.78, 5) is 7.72. The first kappa shape index (κ1) is 17.8. The monoisotopic (exact) mass is 318 g/mol. The maximum absolute atomic E-state index is 9.99. The number of hydrogen-bond acceptors (Lipinski definition) is 4. The van der Waals surface area contributed by atoms with Gasteiger partial charge in [-0.1, -0.05) is 31.4 Å². The van der Waals surface area contributed by atoms with E-state index in [9.17, 15) is 5.11 Å². The van der Waals surface area contributed by atoms with Crippen LogP contribution in [0.15, 0.2) is 30.0 Å². The first-order valence-electron chi connectivity index (χ1n) is 8.84. The predicted molar refractivity (Wildman–Crippen MR) is 96.6 cm³/mol. The van der Waals surface area contributed by atoms with Crippen molar-refractivity contribution in [2.45, 2.75) is 52.0 Å². The molecule has 23 heavy (non-hydrogen) atoms. The number of benzene rings is 1. The van der Waals surface area contributed by atoms with Gasteiger partial charge in [0.05, 0.1) is 0 Å². The molecule has 0 aliphatic heterocycles. The molecule has 1 aliphatic rings. The second-order valence-electron chi connectivity index (χ2n) is 6.14. The van der Waals surface area contributed by atoms with E-state index in [0.717, 1.165) is 31.5 Å². The molecule has 0 unspecified atom stereocenters. The Balaban J connectivity index is 1.80. The number of hydroxylamine groups is 1. The molecule has 0 spiro atoms. The van der Waals surface area contributed by atoms with Gasteiger partial charge in [-0.3, -0.25) is 4.84 Å². The lowest BCUT2D eigenvalue weighted by atomic mass is 9.96. The molecule has 1 aromatic rings. The summed E-state index contributed by atoms with van der Waals surface area (Å²) in [7, 11) is 0. The average molecular weight is 318 g/mol. The Bertz CT molecular complexity index is 475. The van der Waals surface area contributed by atoms with Crippen molar-refractivity contribution in [1.82, 2.24) is 5.48 Å². The predicted octanol–water partition coefficient (Wildman–Crippen LogP) is 4.29. The number of hydrogen-bond donors (Lipinski definition) is 2. The van der Waals surface area contributed by atoms with E-state index in [-0.39, 0.29) is 12.4 Å². The van der Waals surface area contributed by atoms with Gasteiger partial charge in [0.25, 0.3) is 0 Å². The zero-order valence-corrected chi connectivity index (χ0v) is 14.4. The van der Waals surface area contributed by atoms with Gasteiger partial charge in [-0.15, -0.1) is 0 Å². The van der Waals surface area contributed by atoms with Crippen molar-refractivity contribution in [2.24, 2.45) is 0 Å². The SMILES string of the molecule is CCN(CC)c1ccc(/C=C(/O)CONC2CCCCC2)cc1. The first-order valence-corrected chi connectivity index (χ1v) is 8.84. The number of rotatable bonds is 8. The summed E-state index contributed by atoms with van der Waals surface area (Å²) in [6.07, 6.45) is 7.94. The minimum atomic E-state index is 0.203. The average Bonchev–Trinajstić information content (AvgIpc) is 2.58. The van der Waals surface area contributed by atoms with E-state index in [4.69, 9.17) is 4.84 Å². The van der Waals surface area contributed by atoms with Gasteiger partial charge < -0.3 is 10.0 Å². The second-order valence-corrected chi connectivity index (χ2v) is 6.14. The molecule has 0 amide bonds. The number of anilines is 1. The minimum Gasteiger partial charge on any atom is -0.510 e. The second kappa shape index (κ2) is 9.58. The molecule has 1 saturated carbocycles. The van der Waals surface area contributed by atoms with Crippen molar-refractivity contribution >= 4 is 11.8 Å². The molecule has 1 aliphatic carbocycles. The van der Waals surface area contributed by atoms with E-state index in [1.54, 1.807) is 6.08 Å². The maximum Gasteiger partial charge on any atom is 0.125 e. The highest BCUT2D eigenvalue weighted by Gasteiger charge is 2.12. The Labute approximate surface area is 140 Å². The molecule has 4 nitrogen and oxygen atoms in total. The molecule has 0 bridgehead atoms. The lowest BCUT2D eigenvalue weighted by molar-refractivity contribution is 0.00894. The lowest BCUT2D eigenvalue weighted by Crippen LogP contribution is -2.31. The van der Waals surface area contributed by atoms with E-state index >= 15 is 0 Å². The van der Waals surface area contributed by atoms with E-state index < -0.39 is 0 Å². The third kappa shape index (κ3) is 5.88. The molecule has 128 valence electrons. The highest BCUT2D eigenvalue weighted by atomic mass is 16.6. The van der Waals surface area contributed by atoms with Crippen LogP contribution < -0.4 is 10.4 Å². The Morgan fingerprint density at radius 3 is 2.43 bits per heavy atom. The van der Waals surface area contributed by atoms with Crippen molar-refractivity contribution in [3.63, 3.8) is 0 Å². The van der Waals surface area contributed by atoms with Crippen LogP contribution >= 0.6 is 0 Å². The molecule has 0 radical (unpaired) electrons. The van der Waals surface area contributed by atoms with Crippen LogP contribution in [0.3, 0.4) is 0 Å². The first-order chi connectivity index (χ1) is 11.2. The topological polar surface area (TPSA) is 44.7 Å². The van der Waals surface area contributed by atoms with Gasteiger partial charge >= 0.3 is 0 Å². The lowest BCUT2D eigenvalue weighted by Gasteiger charge is -2.22. The van der Waals surface area contributed by atoms with E-state index in [1.807, 2.05) is 12.1 Å². The smallest absolute Gasteiger partial charge is 0.125 e. The summed E-state index contributed by atoms with van der Waals surface area (Å²) < 4.78 is 0. The van der Waals surface area contributed by atoms with Gasteiger partial charge in [-0.25, -0.2) is 0 Å². The fourth-order valence-corrected chi connectivity index (χ4v) is 3.06. The number of nitrogens with one attached hydrogen (secondary N) is 1. The molecule has 0 saturated heterocycles. The summed E-state index contributed by atoms with van der Waals surface area (Å²) in [6.45, 7) is 6.50. The van der Waals surface area contributed by atoms with Gasteiger partial charge in [0.1, 0.15) is 12.4 Å². The van der Waals surface area contributed by atoms with Crippen molar-refractivity contribution < 1.29 is 9.94 Å². The van der Waals surface area contributed by atoms with Crippen LogP contribution in [0.1, 0.15) is 51.5 Å². The van der Waals surface area contributed by atoms with Gasteiger partial charge in [0.15, 0.2) is 0 Å². The van der Waals surface area contributed by atoms with Crippen molar-refractivity contribution in [1.29, 1.82) is 0 Å². The third-order valence-corrected chi connectivity index (χ3v) is 4.43. The Morgan fingerprint density at radius 1 is 1.17 bits per heavy atom. The zero-order chi connectivity index (χ0) is 16.5. The Kier molecular flexibility index (Phi) is 7.43. The van der Waals surface area contributed by atoms with Crippen molar-refractivity contribution in [3.8, 4) is 0 Å². The van der Waals surface area contributed by atoms with E-state index in [2.05, 4.69) is 36.4 Å². The third-order valence-electron chi connectivity index (χ3n) is 4.43. The van der Waals surface area contributed by atoms with E-state index in [0.29, 0.717) is 6.04 Å². The molecule has 0 aromatic heterocycles. The van der Waals surface area contributed by atoms with Crippen LogP contribution in [0.5, 0.6) is 0 Å². The zero-order valence-electron chi connectivity index (χ0n) is 14.4. The summed E-state index contributed by atoms with van der Waals surface area (Å²) in [6, 6.07) is 8.67.